The van der Waals surface area contributed by atoms with Gasteiger partial charge in [0.15, 0.2) is 0 Å². The number of hydrogen-bond donors (Lipinski definition) is 2. The van der Waals surface area contributed by atoms with Crippen LogP contribution in [0.3, 0.4) is 0 Å². The second kappa shape index (κ2) is 60.1. The van der Waals surface area contributed by atoms with Crippen LogP contribution >= 0.6 is 7.82 Å². The van der Waals surface area contributed by atoms with Crippen LogP contribution in [0.15, 0.2) is 48.6 Å². The van der Waals surface area contributed by atoms with Crippen molar-refractivity contribution in [3.05, 3.63) is 48.6 Å². The first-order valence-electron chi connectivity index (χ1n) is 34.0. The highest BCUT2D eigenvalue weighted by atomic mass is 31.2. The molecule has 0 aliphatic carbocycles. The van der Waals surface area contributed by atoms with Crippen molar-refractivity contribution in [2.75, 3.05) is 40.9 Å². The van der Waals surface area contributed by atoms with Crippen LogP contribution in [0.25, 0.3) is 0 Å². The summed E-state index contributed by atoms with van der Waals surface area (Å²) in [6, 6.07) is -0.799. The van der Waals surface area contributed by atoms with Gasteiger partial charge in [0.1, 0.15) is 13.2 Å². The first kappa shape index (κ1) is 76.5. The Morgan fingerprint density at radius 2 is 0.782 bits per heavy atom. The molecule has 9 heteroatoms. The van der Waals surface area contributed by atoms with Crippen molar-refractivity contribution in [2.45, 2.75) is 347 Å². The minimum atomic E-state index is -4.57. The zero-order chi connectivity index (χ0) is 57.0. The van der Waals surface area contributed by atoms with E-state index in [4.69, 9.17) is 9.05 Å². The highest BCUT2D eigenvalue weighted by Gasteiger charge is 2.24. The fourth-order valence-electron chi connectivity index (χ4n) is 10.3. The van der Waals surface area contributed by atoms with Gasteiger partial charge in [0, 0.05) is 6.42 Å². The monoisotopic (exact) mass is 1120 g/mol. The average Bonchev–Trinajstić information content (AvgIpc) is 3.40. The van der Waals surface area contributed by atoms with E-state index in [2.05, 4.69) is 67.8 Å². The van der Waals surface area contributed by atoms with Crippen LogP contribution in [-0.2, 0) is 18.4 Å². The number of hydrogen-bond acceptors (Lipinski definition) is 6. The van der Waals surface area contributed by atoms with E-state index in [1.165, 1.54) is 244 Å². The summed E-state index contributed by atoms with van der Waals surface area (Å²) in [7, 11) is 1.32. The number of unbranched alkanes of at least 4 members (excludes halogenated alkanes) is 42. The lowest BCUT2D eigenvalue weighted by Crippen LogP contribution is -2.46. The highest BCUT2D eigenvalue weighted by molar-refractivity contribution is 7.45. The van der Waals surface area contributed by atoms with Crippen molar-refractivity contribution in [3.8, 4) is 0 Å². The molecule has 3 unspecified atom stereocenters. The van der Waals surface area contributed by atoms with E-state index in [0.29, 0.717) is 23.9 Å². The first-order valence-corrected chi connectivity index (χ1v) is 35.4. The van der Waals surface area contributed by atoms with E-state index >= 15 is 0 Å². The van der Waals surface area contributed by atoms with Crippen LogP contribution in [-0.4, -0.2) is 68.5 Å². The number of phosphoric ester groups is 1. The highest BCUT2D eigenvalue weighted by Crippen LogP contribution is 2.38. The Morgan fingerprint density at radius 3 is 1.14 bits per heavy atom. The molecule has 0 heterocycles. The summed E-state index contributed by atoms with van der Waals surface area (Å²) in [5.41, 5.74) is 0. The summed E-state index contributed by atoms with van der Waals surface area (Å²) in [6.45, 7) is 4.65. The zero-order valence-electron chi connectivity index (χ0n) is 52.6. The Balaban J connectivity index is 3.88. The summed E-state index contributed by atoms with van der Waals surface area (Å²) in [5.74, 6) is -0.158. The molecule has 0 saturated carbocycles. The molecule has 2 N–H and O–H groups in total. The van der Waals surface area contributed by atoms with Gasteiger partial charge in [-0.3, -0.25) is 9.36 Å². The van der Waals surface area contributed by atoms with Gasteiger partial charge in [-0.05, 0) is 51.4 Å². The molecule has 0 radical (unpaired) electrons. The topological polar surface area (TPSA) is 108 Å². The number of amides is 1. The maximum Gasteiger partial charge on any atom is 0.268 e. The Morgan fingerprint density at radius 1 is 0.462 bits per heavy atom. The Kier molecular flexibility index (Phi) is 58.9. The molecule has 0 aliphatic heterocycles. The third-order valence-corrected chi connectivity index (χ3v) is 16.5. The van der Waals surface area contributed by atoms with Crippen LogP contribution in [0.4, 0.5) is 0 Å². The second-order valence-electron chi connectivity index (χ2n) is 24.5. The number of aliphatic hydroxyl groups is 1. The summed E-state index contributed by atoms with van der Waals surface area (Å²) < 4.78 is 23.5. The number of allylic oxidation sites excluding steroid dienone is 8. The Labute approximate surface area is 486 Å². The normalized spacial score (nSPS) is 14.0. The van der Waals surface area contributed by atoms with E-state index in [9.17, 15) is 19.4 Å². The molecule has 0 bridgehead atoms. The number of likely N-dealkylation sites (N-methyl/N-ethyl adjacent to an activating group) is 1. The van der Waals surface area contributed by atoms with E-state index in [1.54, 1.807) is 0 Å². The first-order chi connectivity index (χ1) is 38.0. The molecule has 0 spiro atoms. The summed E-state index contributed by atoms with van der Waals surface area (Å²) in [4.78, 5) is 25.6. The van der Waals surface area contributed by atoms with E-state index < -0.39 is 20.0 Å². The third kappa shape index (κ3) is 62.1. The molecule has 460 valence electrons. The number of quaternary nitrogens is 1. The van der Waals surface area contributed by atoms with Crippen molar-refractivity contribution >= 4 is 13.7 Å². The molecule has 1 amide bonds. The van der Waals surface area contributed by atoms with Gasteiger partial charge < -0.3 is 28.8 Å². The third-order valence-electron chi connectivity index (χ3n) is 15.6. The van der Waals surface area contributed by atoms with Gasteiger partial charge in [-0.15, -0.1) is 0 Å². The predicted molar refractivity (Wildman–Crippen MR) is 339 cm³/mol. The Hall–Kier alpha value is -1.54. The summed E-state index contributed by atoms with van der Waals surface area (Å²) in [6.07, 6.45) is 80.5. The van der Waals surface area contributed by atoms with Gasteiger partial charge in [0.2, 0.25) is 5.91 Å². The lowest BCUT2D eigenvalue weighted by molar-refractivity contribution is -0.870. The molecule has 8 nitrogen and oxygen atoms in total. The minimum absolute atomic E-state index is 0.0145. The van der Waals surface area contributed by atoms with Crippen LogP contribution in [0.2, 0.25) is 0 Å². The molecule has 0 saturated heterocycles. The van der Waals surface area contributed by atoms with Crippen LogP contribution < -0.4 is 10.2 Å². The quantitative estimate of drug-likeness (QED) is 0.0272. The number of carbonyl (C=O) groups excluding carboxylic acids is 1. The van der Waals surface area contributed by atoms with Crippen molar-refractivity contribution in [1.29, 1.82) is 0 Å². The van der Waals surface area contributed by atoms with Gasteiger partial charge >= 0.3 is 0 Å². The smallest absolute Gasteiger partial charge is 0.268 e. The summed E-state index contributed by atoms with van der Waals surface area (Å²) >= 11 is 0. The van der Waals surface area contributed by atoms with E-state index in [-0.39, 0.29) is 19.1 Å². The molecule has 78 heavy (non-hydrogen) atoms. The number of carbonyl (C=O) groups is 1. The maximum atomic E-state index is 13.0. The number of phosphoric acid groups is 1. The fourth-order valence-corrected chi connectivity index (χ4v) is 11.1. The molecular weight excluding hydrogens is 984 g/mol. The van der Waals surface area contributed by atoms with Crippen molar-refractivity contribution in [2.24, 2.45) is 0 Å². The molecule has 0 aliphatic rings. The van der Waals surface area contributed by atoms with Gasteiger partial charge in [0.05, 0.1) is 39.9 Å². The lowest BCUT2D eigenvalue weighted by atomic mass is 10.0. The standard InChI is InChI=1S/C69H133N2O6P/c1-6-8-10-12-14-16-18-20-22-24-25-26-27-28-29-30-31-32-33-34-35-36-37-38-39-40-41-42-43-44-45-47-49-51-53-55-57-59-61-63-69(73)70-67(66-77-78(74,75)76-65-64-71(3,4)5)68(72)62-60-58-56-54-52-50-48-46-23-21-19-17-15-13-11-9-7-2/h8,10,14,16,20,22,25-26,67-68,72H,6-7,9,11-13,15,17-19,21,23-24,27-66H2,1-5H3,(H-,70,73,74,75)/b10-8-,16-14-,22-20-,26-25-. The second-order valence-corrected chi connectivity index (χ2v) is 25.9. The van der Waals surface area contributed by atoms with Gasteiger partial charge in [-0.25, -0.2) is 0 Å². The summed E-state index contributed by atoms with van der Waals surface area (Å²) in [5, 5.41) is 14.1. The van der Waals surface area contributed by atoms with Crippen LogP contribution in [0, 0.1) is 0 Å². The molecular formula is C69H133N2O6P. The minimum Gasteiger partial charge on any atom is -0.756 e. The molecule has 0 aromatic carbocycles. The SMILES string of the molecule is CC/C=C\C/C=C\C/C=C\C/C=C\CCCCCCCCCCCCCCCCCCCCCCCCCCCCC(=O)NC(COP(=O)([O-])OCC[N+](C)(C)C)C(O)CCCCCCCCCCCCCCCCCCC. The number of aliphatic hydroxyl groups excluding tert-OH is 1. The van der Waals surface area contributed by atoms with Crippen molar-refractivity contribution in [3.63, 3.8) is 0 Å². The Bertz CT molecular complexity index is 1410. The molecule has 0 aromatic heterocycles. The van der Waals surface area contributed by atoms with E-state index in [0.717, 1.165) is 64.2 Å². The average molecular weight is 1120 g/mol. The molecule has 0 fully saturated rings. The lowest BCUT2D eigenvalue weighted by Gasteiger charge is -2.30. The zero-order valence-corrected chi connectivity index (χ0v) is 53.5. The van der Waals surface area contributed by atoms with Gasteiger partial charge in [-0.1, -0.05) is 326 Å². The van der Waals surface area contributed by atoms with Gasteiger partial charge in [-0.2, -0.15) is 0 Å². The van der Waals surface area contributed by atoms with E-state index in [1.807, 2.05) is 21.1 Å². The number of rotatable bonds is 63. The molecule has 3 atom stereocenters. The van der Waals surface area contributed by atoms with Crippen molar-refractivity contribution < 1.29 is 32.9 Å². The number of nitrogens with zero attached hydrogens (tertiary/aromatic N) is 1. The van der Waals surface area contributed by atoms with Gasteiger partial charge in [0.25, 0.3) is 7.82 Å². The van der Waals surface area contributed by atoms with Crippen LogP contribution in [0.5, 0.6) is 0 Å². The molecule has 0 aromatic rings. The number of nitrogens with one attached hydrogen (secondary N) is 1. The van der Waals surface area contributed by atoms with Crippen molar-refractivity contribution in [1.82, 2.24) is 5.32 Å². The molecule has 0 rings (SSSR count). The fraction of sp³-hybridized carbons (Fsp3) is 0.870. The largest absolute Gasteiger partial charge is 0.756 e. The maximum absolute atomic E-state index is 13.0. The predicted octanol–water partition coefficient (Wildman–Crippen LogP) is 20.8. The van der Waals surface area contributed by atoms with Crippen LogP contribution in [0.1, 0.15) is 335 Å².